The fourth-order valence-corrected chi connectivity index (χ4v) is 1.91. The highest BCUT2D eigenvalue weighted by Crippen LogP contribution is 2.14. The fourth-order valence-electron chi connectivity index (χ4n) is 1.91. The highest BCUT2D eigenvalue weighted by atomic mass is 19.1. The molecule has 2 aromatic carbocycles. The molecule has 0 saturated carbocycles. The van der Waals surface area contributed by atoms with Crippen LogP contribution in [0.25, 0.3) is 11.4 Å². The van der Waals surface area contributed by atoms with E-state index in [1.54, 1.807) is 18.2 Å². The zero-order valence-corrected chi connectivity index (χ0v) is 11.5. The van der Waals surface area contributed by atoms with E-state index in [4.69, 9.17) is 4.52 Å². The van der Waals surface area contributed by atoms with Crippen molar-refractivity contribution in [2.45, 2.75) is 6.54 Å². The number of amides is 1. The van der Waals surface area contributed by atoms with Crippen molar-refractivity contribution in [2.24, 2.45) is 0 Å². The summed E-state index contributed by atoms with van der Waals surface area (Å²) < 4.78 is 18.4. The van der Waals surface area contributed by atoms with E-state index in [2.05, 4.69) is 15.5 Å². The minimum absolute atomic E-state index is 0.0502. The molecule has 110 valence electrons. The summed E-state index contributed by atoms with van der Waals surface area (Å²) in [4.78, 5) is 16.0. The molecule has 0 aliphatic carbocycles. The Morgan fingerprint density at radius 2 is 1.82 bits per heavy atom. The van der Waals surface area contributed by atoms with E-state index in [0.717, 1.165) is 5.56 Å². The number of benzene rings is 2. The Hall–Kier alpha value is -3.02. The highest BCUT2D eigenvalue weighted by Gasteiger charge is 2.16. The topological polar surface area (TPSA) is 68.0 Å². The summed E-state index contributed by atoms with van der Waals surface area (Å²) in [6, 6.07) is 15.4. The molecular formula is C16H12FN3O2. The smallest absolute Gasteiger partial charge is 0.316 e. The van der Waals surface area contributed by atoms with E-state index in [1.165, 1.54) is 6.07 Å². The zero-order chi connectivity index (χ0) is 15.4. The summed E-state index contributed by atoms with van der Waals surface area (Å²) in [7, 11) is 0. The minimum atomic E-state index is -0.544. The van der Waals surface area contributed by atoms with Crippen LogP contribution in [0.4, 0.5) is 4.39 Å². The number of hydrogen-bond acceptors (Lipinski definition) is 4. The molecule has 1 heterocycles. The number of halogens is 1. The average Bonchev–Trinajstić information content (AvgIpc) is 3.05. The molecule has 22 heavy (non-hydrogen) atoms. The monoisotopic (exact) mass is 297 g/mol. The average molecular weight is 297 g/mol. The molecule has 0 aliphatic rings. The van der Waals surface area contributed by atoms with Gasteiger partial charge in [0, 0.05) is 17.7 Å². The molecular weight excluding hydrogens is 285 g/mol. The van der Waals surface area contributed by atoms with Crippen molar-refractivity contribution in [3.8, 4) is 11.4 Å². The number of nitrogens with zero attached hydrogens (tertiary/aromatic N) is 2. The molecule has 1 amide bonds. The summed E-state index contributed by atoms with van der Waals surface area (Å²) in [6.07, 6.45) is 0. The van der Waals surface area contributed by atoms with E-state index >= 15 is 0 Å². The molecule has 0 aliphatic heterocycles. The lowest BCUT2D eigenvalue weighted by Gasteiger charge is -2.03. The Bertz CT molecular complexity index is 787. The third kappa shape index (κ3) is 3.01. The van der Waals surface area contributed by atoms with Crippen LogP contribution in [-0.4, -0.2) is 16.0 Å². The van der Waals surface area contributed by atoms with Crippen LogP contribution in [0.3, 0.4) is 0 Å². The summed E-state index contributed by atoms with van der Waals surface area (Å²) in [5.74, 6) is -0.747. The van der Waals surface area contributed by atoms with Crippen molar-refractivity contribution in [3.05, 3.63) is 71.9 Å². The molecule has 0 unspecified atom stereocenters. The van der Waals surface area contributed by atoms with Crippen LogP contribution in [0.2, 0.25) is 0 Å². The Morgan fingerprint density at radius 1 is 1.09 bits per heavy atom. The van der Waals surface area contributed by atoms with Crippen LogP contribution in [0.1, 0.15) is 16.2 Å². The van der Waals surface area contributed by atoms with Crippen LogP contribution in [0.5, 0.6) is 0 Å². The lowest BCUT2D eigenvalue weighted by molar-refractivity contribution is 0.0906. The Labute approximate surface area is 125 Å². The summed E-state index contributed by atoms with van der Waals surface area (Å²) in [6.45, 7) is 0.0502. The SMILES string of the molecule is O=C(NCc1ccccc1F)c1nc(-c2ccccc2)no1. The van der Waals surface area contributed by atoms with Crippen molar-refractivity contribution in [1.29, 1.82) is 0 Å². The molecule has 0 bridgehead atoms. The zero-order valence-electron chi connectivity index (χ0n) is 11.5. The molecule has 6 heteroatoms. The first-order valence-electron chi connectivity index (χ1n) is 6.65. The number of carbonyl (C=O) groups excluding carboxylic acids is 1. The molecule has 1 aromatic heterocycles. The minimum Gasteiger partial charge on any atom is -0.344 e. The summed E-state index contributed by atoms with van der Waals surface area (Å²) >= 11 is 0. The predicted octanol–water partition coefficient (Wildman–Crippen LogP) is 2.81. The maximum atomic E-state index is 13.5. The molecule has 0 saturated heterocycles. The first kappa shape index (κ1) is 13.9. The molecule has 3 rings (SSSR count). The van der Waals surface area contributed by atoms with E-state index in [-0.39, 0.29) is 18.3 Å². The Morgan fingerprint density at radius 3 is 2.59 bits per heavy atom. The maximum absolute atomic E-state index is 13.5. The van der Waals surface area contributed by atoms with Crippen LogP contribution in [-0.2, 0) is 6.54 Å². The van der Waals surface area contributed by atoms with E-state index in [0.29, 0.717) is 11.4 Å². The van der Waals surface area contributed by atoms with Crippen molar-refractivity contribution in [2.75, 3.05) is 0 Å². The lowest BCUT2D eigenvalue weighted by Crippen LogP contribution is -2.23. The van der Waals surface area contributed by atoms with Gasteiger partial charge in [0.2, 0.25) is 5.82 Å². The fraction of sp³-hybridized carbons (Fsp3) is 0.0625. The van der Waals surface area contributed by atoms with Gasteiger partial charge in [0.1, 0.15) is 5.82 Å². The van der Waals surface area contributed by atoms with E-state index in [1.807, 2.05) is 30.3 Å². The van der Waals surface area contributed by atoms with E-state index < -0.39 is 5.91 Å². The first-order valence-corrected chi connectivity index (χ1v) is 6.65. The second-order valence-electron chi connectivity index (χ2n) is 4.56. The lowest BCUT2D eigenvalue weighted by atomic mass is 10.2. The molecule has 5 nitrogen and oxygen atoms in total. The van der Waals surface area contributed by atoms with Gasteiger partial charge >= 0.3 is 11.8 Å². The second kappa shape index (κ2) is 6.17. The summed E-state index contributed by atoms with van der Waals surface area (Å²) in [5, 5.41) is 6.30. The van der Waals surface area contributed by atoms with E-state index in [9.17, 15) is 9.18 Å². The van der Waals surface area contributed by atoms with Crippen LogP contribution in [0, 0.1) is 5.82 Å². The molecule has 1 N–H and O–H groups in total. The van der Waals surface area contributed by atoms with Gasteiger partial charge in [-0.2, -0.15) is 4.98 Å². The third-order valence-corrected chi connectivity index (χ3v) is 3.05. The normalized spacial score (nSPS) is 10.4. The number of hydrogen-bond donors (Lipinski definition) is 1. The number of carbonyl (C=O) groups is 1. The van der Waals surface area contributed by atoms with Crippen molar-refractivity contribution in [1.82, 2.24) is 15.5 Å². The van der Waals surface area contributed by atoms with Gasteiger partial charge in [0.05, 0.1) is 0 Å². The number of rotatable bonds is 4. The number of aromatic nitrogens is 2. The maximum Gasteiger partial charge on any atom is 0.316 e. The van der Waals surface area contributed by atoms with Gasteiger partial charge in [-0.15, -0.1) is 0 Å². The second-order valence-corrected chi connectivity index (χ2v) is 4.56. The van der Waals surface area contributed by atoms with Crippen molar-refractivity contribution < 1.29 is 13.7 Å². The van der Waals surface area contributed by atoms with Crippen molar-refractivity contribution >= 4 is 5.91 Å². The largest absolute Gasteiger partial charge is 0.344 e. The third-order valence-electron chi connectivity index (χ3n) is 3.05. The molecule has 3 aromatic rings. The standard InChI is InChI=1S/C16H12FN3O2/c17-13-9-5-4-8-12(13)10-18-15(21)16-19-14(20-22-16)11-6-2-1-3-7-11/h1-9H,10H2,(H,18,21). The van der Waals surface area contributed by atoms with Crippen LogP contribution < -0.4 is 5.32 Å². The molecule has 0 atom stereocenters. The van der Waals surface area contributed by atoms with Gasteiger partial charge in [-0.25, -0.2) is 4.39 Å². The van der Waals surface area contributed by atoms with Crippen molar-refractivity contribution in [3.63, 3.8) is 0 Å². The molecule has 0 spiro atoms. The molecule has 0 radical (unpaired) electrons. The predicted molar refractivity (Wildman–Crippen MR) is 77.3 cm³/mol. The highest BCUT2D eigenvalue weighted by molar-refractivity contribution is 5.89. The Balaban J connectivity index is 1.69. The van der Waals surface area contributed by atoms with Gasteiger partial charge in [0.15, 0.2) is 0 Å². The van der Waals surface area contributed by atoms with Gasteiger partial charge in [-0.05, 0) is 6.07 Å². The Kier molecular flexibility index (Phi) is 3.91. The first-order chi connectivity index (χ1) is 10.7. The van der Waals surface area contributed by atoms with Gasteiger partial charge in [0.25, 0.3) is 0 Å². The van der Waals surface area contributed by atoms with Gasteiger partial charge in [-0.3, -0.25) is 4.79 Å². The van der Waals surface area contributed by atoms with Crippen LogP contribution in [0.15, 0.2) is 59.1 Å². The van der Waals surface area contributed by atoms with Gasteiger partial charge < -0.3 is 9.84 Å². The number of nitrogens with one attached hydrogen (secondary N) is 1. The summed E-state index contributed by atoms with van der Waals surface area (Å²) in [5.41, 5.74) is 1.14. The quantitative estimate of drug-likeness (QED) is 0.804. The van der Waals surface area contributed by atoms with Gasteiger partial charge in [-0.1, -0.05) is 53.7 Å². The van der Waals surface area contributed by atoms with Crippen LogP contribution >= 0.6 is 0 Å². The molecule has 0 fully saturated rings.